The Morgan fingerprint density at radius 3 is 2.65 bits per heavy atom. The summed E-state index contributed by atoms with van der Waals surface area (Å²) in [4.78, 5) is 27.8. The Kier molecular flexibility index (Phi) is 5.01. The number of aryl methyl sites for hydroxylation is 1. The number of amides is 1. The average molecular weight is 356 g/mol. The van der Waals surface area contributed by atoms with Crippen LogP contribution in [0.4, 0.5) is 11.4 Å². The van der Waals surface area contributed by atoms with Gasteiger partial charge in [-0.25, -0.2) is 0 Å². The number of hydrogen-bond acceptors (Lipinski definition) is 6. The highest BCUT2D eigenvalue weighted by molar-refractivity contribution is 5.91. The van der Waals surface area contributed by atoms with Crippen molar-refractivity contribution >= 4 is 17.3 Å². The Morgan fingerprint density at radius 1 is 1.31 bits per heavy atom. The third kappa shape index (κ3) is 3.90. The number of nitrogens with two attached hydrogens (primary N) is 1. The minimum atomic E-state index is -0.584. The van der Waals surface area contributed by atoms with Crippen molar-refractivity contribution in [3.63, 3.8) is 0 Å². The first-order valence-electron chi connectivity index (χ1n) is 8.36. The van der Waals surface area contributed by atoms with Crippen LogP contribution in [0.2, 0.25) is 0 Å². The number of nitrogens with zero attached hydrogens (tertiary/aromatic N) is 3. The molecule has 0 radical (unpaired) electrons. The summed E-state index contributed by atoms with van der Waals surface area (Å²) in [5, 5.41) is 10.9. The molecule has 0 unspecified atom stereocenters. The fourth-order valence-electron chi connectivity index (χ4n) is 3.13. The molecule has 3 rings (SSSR count). The van der Waals surface area contributed by atoms with Crippen molar-refractivity contribution < 1.29 is 14.5 Å². The lowest BCUT2D eigenvalue weighted by molar-refractivity contribution is -0.384. The summed E-state index contributed by atoms with van der Waals surface area (Å²) in [6, 6.07) is 8.19. The van der Waals surface area contributed by atoms with Gasteiger partial charge in [0.2, 0.25) is 0 Å². The van der Waals surface area contributed by atoms with Crippen LogP contribution in [0.1, 0.15) is 28.9 Å². The van der Waals surface area contributed by atoms with E-state index in [1.54, 1.807) is 24.3 Å². The maximum absolute atomic E-state index is 11.2. The summed E-state index contributed by atoms with van der Waals surface area (Å²) in [6.45, 7) is 3.46. The molecule has 8 heteroatoms. The van der Waals surface area contributed by atoms with E-state index in [1.165, 1.54) is 12.3 Å². The maximum atomic E-state index is 11.2. The van der Waals surface area contributed by atoms with Crippen molar-refractivity contribution in [3.8, 4) is 5.75 Å². The molecule has 2 aromatic rings. The summed E-state index contributed by atoms with van der Waals surface area (Å²) >= 11 is 0. The monoisotopic (exact) mass is 356 g/mol. The fourth-order valence-corrected chi connectivity index (χ4v) is 3.13. The van der Waals surface area contributed by atoms with Crippen molar-refractivity contribution in [1.29, 1.82) is 0 Å². The number of benzene rings is 1. The van der Waals surface area contributed by atoms with Crippen LogP contribution < -0.4 is 15.4 Å². The molecule has 0 spiro atoms. The van der Waals surface area contributed by atoms with Crippen molar-refractivity contribution in [2.24, 2.45) is 5.73 Å². The van der Waals surface area contributed by atoms with E-state index in [9.17, 15) is 14.9 Å². The number of anilines is 1. The van der Waals surface area contributed by atoms with Crippen molar-refractivity contribution in [2.45, 2.75) is 25.9 Å². The number of hydrogen-bond donors (Lipinski definition) is 1. The van der Waals surface area contributed by atoms with Gasteiger partial charge in [0.15, 0.2) is 0 Å². The van der Waals surface area contributed by atoms with Gasteiger partial charge in [0, 0.05) is 56.0 Å². The van der Waals surface area contributed by atoms with Gasteiger partial charge < -0.3 is 15.4 Å². The Balaban J connectivity index is 1.62. The van der Waals surface area contributed by atoms with Gasteiger partial charge in [-0.1, -0.05) is 0 Å². The zero-order valence-electron chi connectivity index (χ0n) is 14.4. The van der Waals surface area contributed by atoms with Crippen LogP contribution in [-0.2, 0) is 0 Å². The van der Waals surface area contributed by atoms with Crippen LogP contribution in [-0.4, -0.2) is 35.0 Å². The topological polar surface area (TPSA) is 112 Å². The molecule has 1 aromatic carbocycles. The van der Waals surface area contributed by atoms with E-state index in [-0.39, 0.29) is 22.4 Å². The zero-order chi connectivity index (χ0) is 18.7. The van der Waals surface area contributed by atoms with Crippen LogP contribution in [0.25, 0.3) is 0 Å². The lowest BCUT2D eigenvalue weighted by atomic mass is 10.0. The molecule has 136 valence electrons. The minimum absolute atomic E-state index is 0.0349. The highest BCUT2D eigenvalue weighted by Crippen LogP contribution is 2.28. The number of piperidine rings is 1. The second-order valence-corrected chi connectivity index (χ2v) is 6.27. The predicted molar refractivity (Wildman–Crippen MR) is 96.5 cm³/mol. The van der Waals surface area contributed by atoms with Gasteiger partial charge in [-0.05, 0) is 24.6 Å². The van der Waals surface area contributed by atoms with Crippen molar-refractivity contribution in [2.75, 3.05) is 18.0 Å². The van der Waals surface area contributed by atoms with Crippen molar-refractivity contribution in [1.82, 2.24) is 4.98 Å². The molecule has 2 heterocycles. The van der Waals surface area contributed by atoms with Crippen LogP contribution in [0.5, 0.6) is 5.75 Å². The molecule has 8 nitrogen and oxygen atoms in total. The van der Waals surface area contributed by atoms with E-state index < -0.39 is 5.91 Å². The lowest BCUT2D eigenvalue weighted by Crippen LogP contribution is -2.38. The normalized spacial score (nSPS) is 14.9. The molecule has 0 aliphatic carbocycles. The Bertz CT molecular complexity index is 832. The molecule has 0 bridgehead atoms. The Morgan fingerprint density at radius 2 is 2.04 bits per heavy atom. The molecule has 1 aliphatic heterocycles. The average Bonchev–Trinajstić information content (AvgIpc) is 2.62. The number of non-ortho nitro benzene ring substituents is 1. The molecule has 0 saturated carbocycles. The van der Waals surface area contributed by atoms with Gasteiger partial charge in [-0.3, -0.25) is 19.9 Å². The third-order valence-corrected chi connectivity index (χ3v) is 4.46. The molecule has 1 aliphatic rings. The van der Waals surface area contributed by atoms with E-state index in [4.69, 9.17) is 10.5 Å². The van der Waals surface area contributed by atoms with Gasteiger partial charge >= 0.3 is 0 Å². The van der Waals surface area contributed by atoms with Gasteiger partial charge in [-0.15, -0.1) is 0 Å². The number of rotatable bonds is 5. The van der Waals surface area contributed by atoms with Gasteiger partial charge in [0.25, 0.3) is 11.6 Å². The SMILES string of the molecule is Cc1cc([N+](=O)[O-])ccc1N1CCC(Oc2ccnc(C(N)=O)c2)CC1. The molecular formula is C18H20N4O4. The number of nitro benzene ring substituents is 1. The second kappa shape index (κ2) is 7.38. The molecule has 1 aromatic heterocycles. The number of carbonyl (C=O) groups is 1. The molecule has 1 fully saturated rings. The van der Waals surface area contributed by atoms with Crippen LogP contribution in [0, 0.1) is 17.0 Å². The largest absolute Gasteiger partial charge is 0.490 e. The molecular weight excluding hydrogens is 336 g/mol. The first-order valence-corrected chi connectivity index (χ1v) is 8.36. The van der Waals surface area contributed by atoms with Gasteiger partial charge in [-0.2, -0.15) is 0 Å². The zero-order valence-corrected chi connectivity index (χ0v) is 14.4. The molecule has 1 saturated heterocycles. The maximum Gasteiger partial charge on any atom is 0.269 e. The Hall–Kier alpha value is -3.16. The van der Waals surface area contributed by atoms with Crippen LogP contribution in [0.15, 0.2) is 36.5 Å². The Labute approximate surface area is 150 Å². The molecule has 2 N–H and O–H groups in total. The summed E-state index contributed by atoms with van der Waals surface area (Å²) in [7, 11) is 0. The summed E-state index contributed by atoms with van der Waals surface area (Å²) < 4.78 is 5.95. The number of primary amides is 1. The third-order valence-electron chi connectivity index (χ3n) is 4.46. The number of carbonyl (C=O) groups excluding carboxylic acids is 1. The highest BCUT2D eigenvalue weighted by Gasteiger charge is 2.22. The van der Waals surface area contributed by atoms with Gasteiger partial charge in [0.05, 0.1) is 4.92 Å². The lowest BCUT2D eigenvalue weighted by Gasteiger charge is -2.34. The smallest absolute Gasteiger partial charge is 0.269 e. The fraction of sp³-hybridized carbons (Fsp3) is 0.333. The first kappa shape index (κ1) is 17.7. The number of pyridine rings is 1. The van der Waals surface area contributed by atoms with Crippen LogP contribution in [0.3, 0.4) is 0 Å². The number of ether oxygens (including phenoxy) is 1. The molecule has 1 amide bonds. The van der Waals surface area contributed by atoms with E-state index in [1.807, 2.05) is 6.92 Å². The summed E-state index contributed by atoms with van der Waals surface area (Å²) in [5.74, 6) is -0.00215. The standard InChI is InChI=1S/C18H20N4O4/c1-12-10-13(22(24)25)2-3-17(12)21-8-5-14(6-9-21)26-15-4-7-20-16(11-15)18(19)23/h2-4,7,10-11,14H,5-6,8-9H2,1H3,(H2,19,23). The molecule has 0 atom stereocenters. The van der Waals surface area contributed by atoms with Crippen molar-refractivity contribution in [3.05, 3.63) is 57.9 Å². The van der Waals surface area contributed by atoms with E-state index in [0.29, 0.717) is 5.75 Å². The second-order valence-electron chi connectivity index (χ2n) is 6.27. The highest BCUT2D eigenvalue weighted by atomic mass is 16.6. The summed E-state index contributed by atoms with van der Waals surface area (Å²) in [5.41, 5.74) is 7.42. The predicted octanol–water partition coefficient (Wildman–Crippen LogP) is 2.44. The van der Waals surface area contributed by atoms with Crippen LogP contribution >= 0.6 is 0 Å². The first-order chi connectivity index (χ1) is 12.4. The number of aromatic nitrogens is 1. The summed E-state index contributed by atoms with van der Waals surface area (Å²) in [6.07, 6.45) is 3.16. The van der Waals surface area contributed by atoms with E-state index in [0.717, 1.165) is 37.2 Å². The number of nitro groups is 1. The minimum Gasteiger partial charge on any atom is -0.490 e. The van der Waals surface area contributed by atoms with E-state index >= 15 is 0 Å². The van der Waals surface area contributed by atoms with E-state index in [2.05, 4.69) is 9.88 Å². The quantitative estimate of drug-likeness (QED) is 0.650. The molecule has 26 heavy (non-hydrogen) atoms. The van der Waals surface area contributed by atoms with Gasteiger partial charge in [0.1, 0.15) is 17.5 Å².